The van der Waals surface area contributed by atoms with Gasteiger partial charge in [-0.05, 0) is 18.2 Å². The molecule has 1 heterocycles. The summed E-state index contributed by atoms with van der Waals surface area (Å²) in [5.74, 6) is -0.864. The average Bonchev–Trinajstić information content (AvgIpc) is 2.83. The molecule has 0 unspecified atom stereocenters. The van der Waals surface area contributed by atoms with E-state index in [0.717, 1.165) is 0 Å². The number of aryl methyl sites for hydroxylation is 1. The maximum Gasteiger partial charge on any atom is 0.375 e. The lowest BCUT2D eigenvalue weighted by atomic mass is 10.2. The minimum atomic E-state index is -1.17. The number of carboxylic acid groups (broad SMARTS) is 1. The fraction of sp³-hybridized carbons (Fsp3) is 0.167. The van der Waals surface area contributed by atoms with Crippen molar-refractivity contribution >= 4 is 5.97 Å². The molecular weight excluding hydrogens is 232 g/mol. The van der Waals surface area contributed by atoms with Gasteiger partial charge < -0.3 is 5.11 Å². The van der Waals surface area contributed by atoms with E-state index in [9.17, 15) is 4.79 Å². The highest BCUT2D eigenvalue weighted by atomic mass is 16.4. The second-order valence-corrected chi connectivity index (χ2v) is 3.58. The standard InChI is InChI=1S/C12H10N4O2/c1-2-10-14-11(12(17)18)15-16(10)9-5-3-4-8(6-9)7-13/h3-6H,2H2,1H3,(H,17,18). The van der Waals surface area contributed by atoms with Crippen molar-refractivity contribution in [1.29, 1.82) is 5.26 Å². The molecule has 0 fully saturated rings. The summed E-state index contributed by atoms with van der Waals surface area (Å²) in [6.07, 6.45) is 0.553. The first-order valence-electron chi connectivity index (χ1n) is 5.35. The van der Waals surface area contributed by atoms with Gasteiger partial charge in [-0.2, -0.15) is 5.26 Å². The number of rotatable bonds is 3. The second-order valence-electron chi connectivity index (χ2n) is 3.58. The minimum absolute atomic E-state index is 0.241. The maximum atomic E-state index is 10.8. The summed E-state index contributed by atoms with van der Waals surface area (Å²) in [6, 6.07) is 8.80. The van der Waals surface area contributed by atoms with Gasteiger partial charge in [0.25, 0.3) is 5.82 Å². The normalized spacial score (nSPS) is 10.0. The fourth-order valence-corrected chi connectivity index (χ4v) is 1.58. The number of aromatic nitrogens is 3. The van der Waals surface area contributed by atoms with Crippen LogP contribution in [0.3, 0.4) is 0 Å². The van der Waals surface area contributed by atoms with E-state index >= 15 is 0 Å². The number of benzene rings is 1. The van der Waals surface area contributed by atoms with Gasteiger partial charge in [0, 0.05) is 6.42 Å². The summed E-state index contributed by atoms with van der Waals surface area (Å²) < 4.78 is 1.45. The van der Waals surface area contributed by atoms with Crippen LogP contribution in [0.4, 0.5) is 0 Å². The monoisotopic (exact) mass is 242 g/mol. The third kappa shape index (κ3) is 2.06. The van der Waals surface area contributed by atoms with Crippen molar-refractivity contribution in [3.8, 4) is 11.8 Å². The number of carboxylic acids is 1. The molecule has 2 aromatic rings. The summed E-state index contributed by atoms with van der Waals surface area (Å²) in [7, 11) is 0. The number of hydrogen-bond acceptors (Lipinski definition) is 4. The summed E-state index contributed by atoms with van der Waals surface area (Å²) in [6.45, 7) is 1.86. The molecule has 0 spiro atoms. The maximum absolute atomic E-state index is 10.8. The van der Waals surface area contributed by atoms with Crippen molar-refractivity contribution < 1.29 is 9.90 Å². The first-order chi connectivity index (χ1) is 8.65. The van der Waals surface area contributed by atoms with Crippen LogP contribution in [-0.4, -0.2) is 25.8 Å². The van der Waals surface area contributed by atoms with Crippen LogP contribution >= 0.6 is 0 Å². The van der Waals surface area contributed by atoms with Gasteiger partial charge in [0.05, 0.1) is 17.3 Å². The zero-order chi connectivity index (χ0) is 13.1. The lowest BCUT2D eigenvalue weighted by molar-refractivity contribution is 0.0683. The summed E-state index contributed by atoms with van der Waals surface area (Å²) in [5, 5.41) is 21.6. The summed E-state index contributed by atoms with van der Waals surface area (Å²) in [5.41, 5.74) is 1.12. The zero-order valence-electron chi connectivity index (χ0n) is 9.66. The third-order valence-corrected chi connectivity index (χ3v) is 2.40. The highest BCUT2D eigenvalue weighted by Gasteiger charge is 2.15. The van der Waals surface area contributed by atoms with Crippen LogP contribution in [-0.2, 0) is 6.42 Å². The van der Waals surface area contributed by atoms with E-state index in [4.69, 9.17) is 10.4 Å². The average molecular weight is 242 g/mol. The Morgan fingerprint density at radius 3 is 2.94 bits per heavy atom. The van der Waals surface area contributed by atoms with Crippen LogP contribution < -0.4 is 0 Å². The van der Waals surface area contributed by atoms with Gasteiger partial charge >= 0.3 is 5.97 Å². The van der Waals surface area contributed by atoms with Crippen LogP contribution in [0.1, 0.15) is 28.9 Å². The van der Waals surface area contributed by atoms with E-state index in [1.165, 1.54) is 4.68 Å². The van der Waals surface area contributed by atoms with E-state index in [1.807, 2.05) is 13.0 Å². The van der Waals surface area contributed by atoms with E-state index in [2.05, 4.69) is 10.1 Å². The number of nitrogens with zero attached hydrogens (tertiary/aromatic N) is 4. The SMILES string of the molecule is CCc1nc(C(=O)O)nn1-c1cccc(C#N)c1. The first-order valence-corrected chi connectivity index (χ1v) is 5.35. The summed E-state index contributed by atoms with van der Waals surface area (Å²) >= 11 is 0. The molecular formula is C12H10N4O2. The van der Waals surface area contributed by atoms with Crippen LogP contribution in [0.15, 0.2) is 24.3 Å². The second kappa shape index (κ2) is 4.67. The van der Waals surface area contributed by atoms with Gasteiger partial charge in [-0.25, -0.2) is 14.5 Å². The van der Waals surface area contributed by atoms with E-state index < -0.39 is 5.97 Å². The Balaban J connectivity index is 2.55. The molecule has 2 rings (SSSR count). The number of hydrogen-bond donors (Lipinski definition) is 1. The van der Waals surface area contributed by atoms with Gasteiger partial charge in [-0.3, -0.25) is 0 Å². The lowest BCUT2D eigenvalue weighted by Gasteiger charge is -2.03. The van der Waals surface area contributed by atoms with Crippen LogP contribution in [0, 0.1) is 11.3 Å². The molecule has 1 N–H and O–H groups in total. The van der Waals surface area contributed by atoms with Crippen molar-refractivity contribution in [2.24, 2.45) is 0 Å². The quantitative estimate of drug-likeness (QED) is 0.878. The molecule has 0 aliphatic carbocycles. The highest BCUT2D eigenvalue weighted by Crippen LogP contribution is 2.12. The first kappa shape index (κ1) is 11.8. The molecule has 0 saturated carbocycles. The van der Waals surface area contributed by atoms with Crippen LogP contribution in [0.2, 0.25) is 0 Å². The molecule has 0 radical (unpaired) electrons. The van der Waals surface area contributed by atoms with Crippen LogP contribution in [0.25, 0.3) is 5.69 Å². The smallest absolute Gasteiger partial charge is 0.375 e. The number of nitriles is 1. The molecule has 0 atom stereocenters. The number of aromatic carboxylic acids is 1. The molecule has 6 nitrogen and oxygen atoms in total. The molecule has 6 heteroatoms. The molecule has 90 valence electrons. The van der Waals surface area contributed by atoms with Gasteiger partial charge in [-0.1, -0.05) is 13.0 Å². The highest BCUT2D eigenvalue weighted by molar-refractivity contribution is 5.83. The van der Waals surface area contributed by atoms with Crippen molar-refractivity contribution in [3.63, 3.8) is 0 Å². The van der Waals surface area contributed by atoms with Crippen molar-refractivity contribution in [1.82, 2.24) is 14.8 Å². The third-order valence-electron chi connectivity index (χ3n) is 2.40. The molecule has 0 saturated heterocycles. The Bertz CT molecular complexity index is 640. The largest absolute Gasteiger partial charge is 0.475 e. The van der Waals surface area contributed by atoms with E-state index in [0.29, 0.717) is 23.5 Å². The Morgan fingerprint density at radius 1 is 1.56 bits per heavy atom. The molecule has 1 aromatic carbocycles. The molecule has 1 aromatic heterocycles. The lowest BCUT2D eigenvalue weighted by Crippen LogP contribution is -2.03. The van der Waals surface area contributed by atoms with Gasteiger partial charge in [-0.15, -0.1) is 5.10 Å². The Morgan fingerprint density at radius 2 is 2.33 bits per heavy atom. The molecule has 18 heavy (non-hydrogen) atoms. The Kier molecular flexibility index (Phi) is 3.06. The van der Waals surface area contributed by atoms with Crippen molar-refractivity contribution in [3.05, 3.63) is 41.5 Å². The Labute approximate surface area is 103 Å². The molecule has 0 amide bonds. The van der Waals surface area contributed by atoms with Gasteiger partial charge in [0.1, 0.15) is 5.82 Å². The van der Waals surface area contributed by atoms with Crippen molar-refractivity contribution in [2.75, 3.05) is 0 Å². The predicted octanol–water partition coefficient (Wildman–Crippen LogP) is 1.40. The fourth-order valence-electron chi connectivity index (χ4n) is 1.58. The zero-order valence-corrected chi connectivity index (χ0v) is 9.66. The predicted molar refractivity (Wildman–Crippen MR) is 62.4 cm³/mol. The molecule has 0 aliphatic rings. The summed E-state index contributed by atoms with van der Waals surface area (Å²) in [4.78, 5) is 14.8. The molecule has 0 bridgehead atoms. The topological polar surface area (TPSA) is 91.8 Å². The van der Waals surface area contributed by atoms with Gasteiger partial charge in [0.15, 0.2) is 0 Å². The van der Waals surface area contributed by atoms with Crippen LogP contribution in [0.5, 0.6) is 0 Å². The minimum Gasteiger partial charge on any atom is -0.475 e. The van der Waals surface area contributed by atoms with E-state index in [1.54, 1.807) is 24.3 Å². The Hall–Kier alpha value is -2.68. The van der Waals surface area contributed by atoms with Gasteiger partial charge in [0.2, 0.25) is 0 Å². The van der Waals surface area contributed by atoms with E-state index in [-0.39, 0.29) is 5.82 Å². The number of carbonyl (C=O) groups is 1. The van der Waals surface area contributed by atoms with Crippen molar-refractivity contribution in [2.45, 2.75) is 13.3 Å². The molecule has 0 aliphatic heterocycles.